The van der Waals surface area contributed by atoms with Gasteiger partial charge in [0, 0.05) is 18.6 Å². The van der Waals surface area contributed by atoms with E-state index in [1.54, 1.807) is 7.11 Å². The lowest BCUT2D eigenvalue weighted by molar-refractivity contribution is 0.415. The first-order chi connectivity index (χ1) is 7.33. The van der Waals surface area contributed by atoms with Crippen molar-refractivity contribution in [3.05, 3.63) is 24.3 Å². The zero-order valence-electron chi connectivity index (χ0n) is 8.41. The molecule has 0 fully saturated rings. The number of para-hydroxylation sites is 2. The van der Waals surface area contributed by atoms with Crippen molar-refractivity contribution >= 4 is 22.4 Å². The molecule has 1 aromatic carbocycles. The molecule has 0 radical (unpaired) electrons. The molecule has 0 saturated carbocycles. The number of benzene rings is 1. The van der Waals surface area contributed by atoms with Gasteiger partial charge in [-0.2, -0.15) is 0 Å². The van der Waals surface area contributed by atoms with E-state index < -0.39 is 0 Å². The van der Waals surface area contributed by atoms with Crippen molar-refractivity contribution in [2.45, 2.75) is 0 Å². The fourth-order valence-electron chi connectivity index (χ4n) is 1.27. The van der Waals surface area contributed by atoms with Gasteiger partial charge in [0.2, 0.25) is 5.13 Å². The van der Waals surface area contributed by atoms with Crippen LogP contribution in [0.15, 0.2) is 24.3 Å². The maximum absolute atomic E-state index is 5.26. The first-order valence-electron chi connectivity index (χ1n) is 4.34. The van der Waals surface area contributed by atoms with Gasteiger partial charge >= 0.3 is 0 Å². The lowest BCUT2D eigenvalue weighted by atomic mass is 10.3. The van der Waals surface area contributed by atoms with Crippen LogP contribution in [-0.4, -0.2) is 29.0 Å². The van der Waals surface area contributed by atoms with Crippen LogP contribution in [0.1, 0.15) is 0 Å². The van der Waals surface area contributed by atoms with Gasteiger partial charge in [-0.3, -0.25) is 0 Å². The molecule has 0 aliphatic carbocycles. The molecule has 0 atom stereocenters. The Morgan fingerprint density at radius 1 is 1.33 bits per heavy atom. The summed E-state index contributed by atoms with van der Waals surface area (Å²) in [4.78, 5) is 1.89. The summed E-state index contributed by atoms with van der Waals surface area (Å²) in [5, 5.41) is 8.19. The Hall–Kier alpha value is -1.69. The molecule has 15 heavy (non-hydrogen) atoms. The Morgan fingerprint density at radius 3 is 2.80 bits per heavy atom. The molecule has 1 heterocycles. The topological polar surface area (TPSA) is 51.1 Å². The van der Waals surface area contributed by atoms with E-state index in [1.165, 1.54) is 11.5 Å². The Morgan fingerprint density at radius 2 is 2.13 bits per heavy atom. The minimum absolute atomic E-state index is 0.736. The molecule has 0 amide bonds. The molecule has 0 spiro atoms. The molecule has 78 valence electrons. The molecule has 2 aromatic rings. The van der Waals surface area contributed by atoms with Gasteiger partial charge in [-0.25, -0.2) is 0 Å². The third kappa shape index (κ3) is 1.89. The second-order valence-electron chi connectivity index (χ2n) is 2.88. The van der Waals surface area contributed by atoms with Gasteiger partial charge in [-0.15, -0.1) is 0 Å². The van der Waals surface area contributed by atoms with E-state index >= 15 is 0 Å². The zero-order valence-corrected chi connectivity index (χ0v) is 9.23. The van der Waals surface area contributed by atoms with Gasteiger partial charge in [-0.05, 0) is 17.3 Å². The maximum Gasteiger partial charge on any atom is 0.232 e. The first kappa shape index (κ1) is 9.85. The molecule has 0 unspecified atom stereocenters. The number of methoxy groups -OCH3 is 1. The third-order valence-corrected chi connectivity index (χ3v) is 2.70. The monoisotopic (exact) mass is 222 g/mol. The Labute approximate surface area is 91.5 Å². The molecule has 6 heteroatoms. The highest BCUT2D eigenvalue weighted by atomic mass is 32.1. The van der Waals surface area contributed by atoms with E-state index in [9.17, 15) is 0 Å². The van der Waals surface area contributed by atoms with Gasteiger partial charge in [0.1, 0.15) is 5.75 Å². The molecule has 2 rings (SSSR count). The average Bonchev–Trinajstić information content (AvgIpc) is 2.81. The van der Waals surface area contributed by atoms with Gasteiger partial charge in [-0.1, -0.05) is 21.7 Å². The van der Waals surface area contributed by atoms with Crippen LogP contribution in [-0.2, 0) is 0 Å². The summed E-state index contributed by atoms with van der Waals surface area (Å²) in [6.45, 7) is 0. The van der Waals surface area contributed by atoms with E-state index in [0.29, 0.717) is 0 Å². The smallest absolute Gasteiger partial charge is 0.232 e. The molecular formula is C9H10N4OS. The zero-order chi connectivity index (χ0) is 10.7. The molecule has 0 N–H and O–H groups in total. The summed E-state index contributed by atoms with van der Waals surface area (Å²) in [5.74, 6) is 0.801. The average molecular weight is 222 g/mol. The van der Waals surface area contributed by atoms with Crippen molar-refractivity contribution in [1.82, 2.24) is 14.8 Å². The summed E-state index contributed by atoms with van der Waals surface area (Å²) in [6.07, 6.45) is 0. The van der Waals surface area contributed by atoms with Crippen LogP contribution < -0.4 is 9.64 Å². The van der Waals surface area contributed by atoms with Crippen molar-refractivity contribution in [2.75, 3.05) is 19.1 Å². The van der Waals surface area contributed by atoms with Crippen LogP contribution in [0.3, 0.4) is 0 Å². The number of aromatic nitrogens is 3. The van der Waals surface area contributed by atoms with Crippen LogP contribution in [0.5, 0.6) is 5.75 Å². The Balaban J connectivity index is 2.37. The second-order valence-corrected chi connectivity index (χ2v) is 3.59. The number of hydrogen-bond donors (Lipinski definition) is 0. The standard InChI is InChI=1S/C9H10N4OS/c1-13(9-10-11-12-15-9)7-5-3-4-6-8(7)14-2/h3-6H,1-2H3. The normalized spacial score (nSPS) is 10.0. The molecular weight excluding hydrogens is 212 g/mol. The molecule has 5 nitrogen and oxygen atoms in total. The first-order valence-corrected chi connectivity index (χ1v) is 5.12. The van der Waals surface area contributed by atoms with E-state index in [2.05, 4.69) is 14.8 Å². The van der Waals surface area contributed by atoms with E-state index in [0.717, 1.165) is 16.6 Å². The van der Waals surface area contributed by atoms with E-state index in [4.69, 9.17) is 4.74 Å². The second kappa shape index (κ2) is 4.22. The van der Waals surface area contributed by atoms with Crippen LogP contribution in [0.25, 0.3) is 0 Å². The summed E-state index contributed by atoms with van der Waals surface area (Å²) in [7, 11) is 3.55. The van der Waals surface area contributed by atoms with E-state index in [-0.39, 0.29) is 0 Å². The molecule has 1 aromatic heterocycles. The number of ether oxygens (including phenoxy) is 1. The number of nitrogens with zero attached hydrogens (tertiary/aromatic N) is 4. The Bertz CT molecular complexity index is 431. The molecule has 0 bridgehead atoms. The van der Waals surface area contributed by atoms with Gasteiger partial charge in [0.05, 0.1) is 12.8 Å². The van der Waals surface area contributed by atoms with Crippen LogP contribution in [0, 0.1) is 0 Å². The summed E-state index contributed by atoms with van der Waals surface area (Å²) in [5.41, 5.74) is 0.943. The predicted octanol–water partition coefficient (Wildman–Crippen LogP) is 1.71. The molecule has 0 saturated heterocycles. The SMILES string of the molecule is COc1ccccc1N(C)c1nnns1. The lowest BCUT2D eigenvalue weighted by Gasteiger charge is -2.17. The van der Waals surface area contributed by atoms with Crippen LogP contribution in [0.4, 0.5) is 10.8 Å². The minimum Gasteiger partial charge on any atom is -0.495 e. The summed E-state index contributed by atoms with van der Waals surface area (Å²) < 4.78 is 8.98. The number of rotatable bonds is 3. The minimum atomic E-state index is 0.736. The third-order valence-electron chi connectivity index (χ3n) is 2.02. The van der Waals surface area contributed by atoms with Crippen molar-refractivity contribution in [3.8, 4) is 5.75 Å². The van der Waals surface area contributed by atoms with Crippen molar-refractivity contribution in [1.29, 1.82) is 0 Å². The molecule has 0 aliphatic rings. The molecule has 0 aliphatic heterocycles. The highest BCUT2D eigenvalue weighted by Gasteiger charge is 2.11. The maximum atomic E-state index is 5.26. The summed E-state index contributed by atoms with van der Waals surface area (Å²) in [6, 6.07) is 7.73. The lowest BCUT2D eigenvalue weighted by Crippen LogP contribution is -2.10. The van der Waals surface area contributed by atoms with Crippen molar-refractivity contribution < 1.29 is 4.74 Å². The van der Waals surface area contributed by atoms with E-state index in [1.807, 2.05) is 36.2 Å². The van der Waals surface area contributed by atoms with Crippen LogP contribution >= 0.6 is 11.5 Å². The summed E-state index contributed by atoms with van der Waals surface area (Å²) >= 11 is 1.24. The Kier molecular flexibility index (Phi) is 2.77. The fourth-order valence-corrected chi connectivity index (χ4v) is 1.71. The van der Waals surface area contributed by atoms with Gasteiger partial charge in [0.15, 0.2) is 0 Å². The number of anilines is 2. The highest BCUT2D eigenvalue weighted by Crippen LogP contribution is 2.31. The van der Waals surface area contributed by atoms with Crippen LogP contribution in [0.2, 0.25) is 0 Å². The predicted molar refractivity (Wildman–Crippen MR) is 58.8 cm³/mol. The number of hydrogen-bond acceptors (Lipinski definition) is 6. The largest absolute Gasteiger partial charge is 0.495 e. The van der Waals surface area contributed by atoms with Gasteiger partial charge in [0.25, 0.3) is 0 Å². The van der Waals surface area contributed by atoms with Crippen molar-refractivity contribution in [2.24, 2.45) is 0 Å². The van der Waals surface area contributed by atoms with Crippen molar-refractivity contribution in [3.63, 3.8) is 0 Å². The van der Waals surface area contributed by atoms with Gasteiger partial charge < -0.3 is 9.64 Å². The fraction of sp³-hybridized carbons (Fsp3) is 0.222. The highest BCUT2D eigenvalue weighted by molar-refractivity contribution is 7.09. The quantitative estimate of drug-likeness (QED) is 0.791.